The first-order valence-electron chi connectivity index (χ1n) is 6.85. The lowest BCUT2D eigenvalue weighted by molar-refractivity contribution is -0.232. The number of aliphatic hydroxyl groups excluding tert-OH is 2. The van der Waals surface area contributed by atoms with Crippen LogP contribution in [-0.2, 0) is 14.2 Å². The van der Waals surface area contributed by atoms with Gasteiger partial charge in [0.15, 0.2) is 12.1 Å². The molecule has 0 spiro atoms. The Labute approximate surface area is 108 Å². The lowest BCUT2D eigenvalue weighted by Gasteiger charge is -2.27. The molecule has 2 fully saturated rings. The first kappa shape index (κ1) is 14.2. The van der Waals surface area contributed by atoms with Crippen molar-refractivity contribution in [3.63, 3.8) is 0 Å². The van der Waals surface area contributed by atoms with E-state index in [0.29, 0.717) is 6.42 Å². The van der Waals surface area contributed by atoms with E-state index in [0.717, 1.165) is 12.8 Å². The Bertz CT molecular complexity index is 257. The first-order valence-corrected chi connectivity index (χ1v) is 6.85. The van der Waals surface area contributed by atoms with Crippen molar-refractivity contribution in [1.82, 2.24) is 0 Å². The smallest absolute Gasteiger partial charge is 0.184 e. The van der Waals surface area contributed by atoms with Crippen molar-refractivity contribution >= 4 is 0 Å². The zero-order valence-corrected chi connectivity index (χ0v) is 11.3. The zero-order chi connectivity index (χ0) is 13.3. The topological polar surface area (TPSA) is 68.2 Å². The molecule has 2 aliphatic heterocycles. The molecule has 0 aromatic heterocycles. The van der Waals surface area contributed by atoms with Gasteiger partial charge in [-0.15, -0.1) is 0 Å². The Morgan fingerprint density at radius 1 is 1.17 bits per heavy atom. The van der Waals surface area contributed by atoms with E-state index in [1.807, 2.05) is 20.8 Å². The highest BCUT2D eigenvalue weighted by Gasteiger charge is 2.52. The lowest BCUT2D eigenvalue weighted by atomic mass is 9.95. The van der Waals surface area contributed by atoms with Crippen LogP contribution in [0.5, 0.6) is 0 Å². The summed E-state index contributed by atoms with van der Waals surface area (Å²) in [5.41, 5.74) is 0. The highest BCUT2D eigenvalue weighted by atomic mass is 16.8. The number of hydrogen-bond acceptors (Lipinski definition) is 5. The third-order valence-corrected chi connectivity index (χ3v) is 4.11. The van der Waals surface area contributed by atoms with E-state index in [1.54, 1.807) is 0 Å². The summed E-state index contributed by atoms with van der Waals surface area (Å²) in [6.07, 6.45) is 0.163. The molecule has 0 aromatic rings. The number of fused-ring (bicyclic) bond motifs is 1. The summed E-state index contributed by atoms with van der Waals surface area (Å²) in [7, 11) is 0. The second-order valence-corrected chi connectivity index (χ2v) is 5.33. The van der Waals surface area contributed by atoms with Crippen LogP contribution in [-0.4, -0.2) is 47.2 Å². The largest absolute Gasteiger partial charge is 0.394 e. The molecule has 1 unspecified atom stereocenters. The van der Waals surface area contributed by atoms with Crippen molar-refractivity contribution in [2.45, 2.75) is 70.4 Å². The van der Waals surface area contributed by atoms with Gasteiger partial charge in [-0.05, 0) is 25.2 Å². The molecular weight excluding hydrogens is 236 g/mol. The molecule has 18 heavy (non-hydrogen) atoms. The van der Waals surface area contributed by atoms with E-state index in [2.05, 4.69) is 0 Å². The van der Waals surface area contributed by atoms with Crippen LogP contribution in [0.15, 0.2) is 0 Å². The van der Waals surface area contributed by atoms with E-state index in [4.69, 9.17) is 14.2 Å². The Morgan fingerprint density at radius 2 is 1.78 bits per heavy atom. The van der Waals surface area contributed by atoms with Crippen molar-refractivity contribution in [3.8, 4) is 0 Å². The van der Waals surface area contributed by atoms with E-state index in [-0.39, 0.29) is 24.7 Å². The summed E-state index contributed by atoms with van der Waals surface area (Å²) < 4.78 is 17.4. The van der Waals surface area contributed by atoms with Gasteiger partial charge < -0.3 is 24.4 Å². The van der Waals surface area contributed by atoms with Crippen LogP contribution in [0, 0.1) is 5.92 Å². The third-order valence-electron chi connectivity index (χ3n) is 4.11. The third kappa shape index (κ3) is 2.42. The molecule has 106 valence electrons. The minimum atomic E-state index is -1.03. The molecule has 2 N–H and O–H groups in total. The van der Waals surface area contributed by atoms with Crippen molar-refractivity contribution in [2.24, 2.45) is 5.92 Å². The Morgan fingerprint density at radius 3 is 2.33 bits per heavy atom. The molecule has 0 radical (unpaired) electrons. The molecule has 0 aromatic carbocycles. The molecule has 5 atom stereocenters. The molecular formula is C13H24O5. The molecule has 2 rings (SSSR count). The SMILES string of the molecule is CCC1(CC)O[C@@H]2[C@H](C)C[C@@H](CO)OC(O)[C@@H]2O1. The van der Waals surface area contributed by atoms with Gasteiger partial charge in [0, 0.05) is 0 Å². The lowest BCUT2D eigenvalue weighted by Crippen LogP contribution is -2.38. The monoisotopic (exact) mass is 260 g/mol. The normalized spacial score (nSPS) is 43.5. The summed E-state index contributed by atoms with van der Waals surface area (Å²) in [6, 6.07) is 0. The number of ether oxygens (including phenoxy) is 3. The van der Waals surface area contributed by atoms with Gasteiger partial charge in [-0.2, -0.15) is 0 Å². The predicted molar refractivity (Wildman–Crippen MR) is 64.8 cm³/mol. The minimum absolute atomic E-state index is 0.0897. The van der Waals surface area contributed by atoms with Gasteiger partial charge >= 0.3 is 0 Å². The molecule has 2 saturated heterocycles. The van der Waals surface area contributed by atoms with E-state index in [9.17, 15) is 10.2 Å². The molecule has 5 nitrogen and oxygen atoms in total. The highest BCUT2D eigenvalue weighted by Crippen LogP contribution is 2.41. The standard InChI is InChI=1S/C13H24O5/c1-4-13(5-2)17-10-8(3)6-9(7-14)16-12(15)11(10)18-13/h8-12,14-15H,4-7H2,1-3H3/t8-,9+,10-,11-,12?/m1/s1. The maximum absolute atomic E-state index is 10.1. The number of aliphatic hydroxyl groups is 2. The predicted octanol–water partition coefficient (Wildman–Crippen LogP) is 1.02. The quantitative estimate of drug-likeness (QED) is 0.793. The summed E-state index contributed by atoms with van der Waals surface area (Å²) in [6.45, 7) is 5.99. The fourth-order valence-electron chi connectivity index (χ4n) is 2.90. The summed E-state index contributed by atoms with van der Waals surface area (Å²) in [4.78, 5) is 0. The molecule has 0 bridgehead atoms. The van der Waals surface area contributed by atoms with Gasteiger partial charge in [0.1, 0.15) is 6.10 Å². The van der Waals surface area contributed by atoms with Crippen LogP contribution in [0.1, 0.15) is 40.0 Å². The fourth-order valence-corrected chi connectivity index (χ4v) is 2.90. The summed E-state index contributed by atoms with van der Waals surface area (Å²) in [5, 5.41) is 19.3. The van der Waals surface area contributed by atoms with Crippen LogP contribution in [0.3, 0.4) is 0 Å². The second kappa shape index (κ2) is 5.43. The maximum atomic E-state index is 10.1. The zero-order valence-electron chi connectivity index (χ0n) is 11.3. The van der Waals surface area contributed by atoms with Gasteiger partial charge in [-0.25, -0.2) is 0 Å². The average Bonchev–Trinajstić information content (AvgIpc) is 2.74. The Hall–Kier alpha value is -0.200. The van der Waals surface area contributed by atoms with Gasteiger partial charge in [0.25, 0.3) is 0 Å². The van der Waals surface area contributed by atoms with Crippen molar-refractivity contribution in [1.29, 1.82) is 0 Å². The molecule has 0 aliphatic carbocycles. The van der Waals surface area contributed by atoms with Crippen LogP contribution in [0.25, 0.3) is 0 Å². The number of hydrogen-bond donors (Lipinski definition) is 2. The van der Waals surface area contributed by atoms with E-state index < -0.39 is 18.2 Å². The number of rotatable bonds is 3. The van der Waals surface area contributed by atoms with Crippen LogP contribution in [0.4, 0.5) is 0 Å². The molecule has 0 amide bonds. The van der Waals surface area contributed by atoms with E-state index in [1.165, 1.54) is 0 Å². The second-order valence-electron chi connectivity index (χ2n) is 5.33. The van der Waals surface area contributed by atoms with Gasteiger partial charge in [0.2, 0.25) is 0 Å². The van der Waals surface area contributed by atoms with Crippen LogP contribution in [0.2, 0.25) is 0 Å². The van der Waals surface area contributed by atoms with Crippen molar-refractivity contribution in [3.05, 3.63) is 0 Å². The van der Waals surface area contributed by atoms with Gasteiger partial charge in [0.05, 0.1) is 18.8 Å². The first-order chi connectivity index (χ1) is 8.55. The Kier molecular flexibility index (Phi) is 4.29. The highest BCUT2D eigenvalue weighted by molar-refractivity contribution is 4.92. The van der Waals surface area contributed by atoms with Gasteiger partial charge in [-0.1, -0.05) is 20.8 Å². The molecule has 0 saturated carbocycles. The summed E-state index contributed by atoms with van der Waals surface area (Å²) in [5.74, 6) is -0.413. The molecule has 2 heterocycles. The van der Waals surface area contributed by atoms with Crippen LogP contribution < -0.4 is 0 Å². The van der Waals surface area contributed by atoms with E-state index >= 15 is 0 Å². The fraction of sp³-hybridized carbons (Fsp3) is 1.00. The maximum Gasteiger partial charge on any atom is 0.184 e. The average molecular weight is 260 g/mol. The van der Waals surface area contributed by atoms with Crippen molar-refractivity contribution < 1.29 is 24.4 Å². The molecule has 5 heteroatoms. The minimum Gasteiger partial charge on any atom is -0.394 e. The summed E-state index contributed by atoms with van der Waals surface area (Å²) >= 11 is 0. The van der Waals surface area contributed by atoms with Crippen molar-refractivity contribution in [2.75, 3.05) is 6.61 Å². The van der Waals surface area contributed by atoms with Crippen LogP contribution >= 0.6 is 0 Å². The molecule has 2 aliphatic rings. The van der Waals surface area contributed by atoms with Gasteiger partial charge in [-0.3, -0.25) is 0 Å². The Balaban J connectivity index is 2.16.